The number of ether oxygens (including phenoxy) is 1. The summed E-state index contributed by atoms with van der Waals surface area (Å²) < 4.78 is 50.3. The lowest BCUT2D eigenvalue weighted by Crippen LogP contribution is -2.09. The van der Waals surface area contributed by atoms with E-state index in [0.717, 1.165) is 17.8 Å². The highest BCUT2D eigenvalue weighted by Gasteiger charge is 2.30. The van der Waals surface area contributed by atoms with Crippen LogP contribution in [0.3, 0.4) is 0 Å². The van der Waals surface area contributed by atoms with Gasteiger partial charge in [-0.3, -0.25) is 4.79 Å². The standard InChI is InChI=1S/C24H24F3NO4/c1-14(2)21-22(15(3)13-31-19-6-4-5-16(11-19)12-20(29)30)32-23(28-21)17-7-9-18(10-8-17)24(25,26)27/h4-11,14-15H,12-13H2,1-3H3,(H,29,30). The van der Waals surface area contributed by atoms with Crippen molar-refractivity contribution >= 4 is 5.97 Å². The molecule has 1 atom stereocenters. The van der Waals surface area contributed by atoms with Gasteiger partial charge in [0.05, 0.1) is 30.2 Å². The molecule has 0 saturated heterocycles. The number of rotatable bonds is 8. The Morgan fingerprint density at radius 3 is 2.41 bits per heavy atom. The highest BCUT2D eigenvalue weighted by Crippen LogP contribution is 2.34. The zero-order chi connectivity index (χ0) is 23.5. The van der Waals surface area contributed by atoms with Gasteiger partial charge in [-0.15, -0.1) is 0 Å². The SMILES string of the molecule is CC(C)c1nc(-c2ccc(C(F)(F)F)cc2)oc1C(C)COc1cccc(CC(=O)O)c1. The third-order valence-electron chi connectivity index (χ3n) is 4.89. The summed E-state index contributed by atoms with van der Waals surface area (Å²) in [5.41, 5.74) is 1.08. The van der Waals surface area contributed by atoms with E-state index in [-0.39, 0.29) is 30.8 Å². The average Bonchev–Trinajstić information content (AvgIpc) is 3.17. The van der Waals surface area contributed by atoms with Crippen molar-refractivity contribution < 1.29 is 32.2 Å². The fourth-order valence-electron chi connectivity index (χ4n) is 3.25. The molecule has 0 spiro atoms. The molecule has 170 valence electrons. The van der Waals surface area contributed by atoms with Crippen molar-refractivity contribution in [3.05, 3.63) is 71.1 Å². The van der Waals surface area contributed by atoms with E-state index in [0.29, 0.717) is 22.6 Å². The first-order chi connectivity index (χ1) is 15.0. The summed E-state index contributed by atoms with van der Waals surface area (Å²) in [4.78, 5) is 15.4. The highest BCUT2D eigenvalue weighted by molar-refractivity contribution is 5.70. The first-order valence-corrected chi connectivity index (χ1v) is 10.2. The molecule has 1 aromatic heterocycles. The molecule has 32 heavy (non-hydrogen) atoms. The Morgan fingerprint density at radius 1 is 1.12 bits per heavy atom. The first kappa shape index (κ1) is 23.4. The van der Waals surface area contributed by atoms with Crippen LogP contribution in [0, 0.1) is 0 Å². The van der Waals surface area contributed by atoms with Crippen molar-refractivity contribution in [3.8, 4) is 17.2 Å². The smallest absolute Gasteiger partial charge is 0.416 e. The molecule has 5 nitrogen and oxygen atoms in total. The Balaban J connectivity index is 1.78. The van der Waals surface area contributed by atoms with Gasteiger partial charge in [0.15, 0.2) is 0 Å². The number of alkyl halides is 3. The van der Waals surface area contributed by atoms with Crippen LogP contribution < -0.4 is 4.74 Å². The Kier molecular flexibility index (Phi) is 6.91. The molecule has 0 aliphatic heterocycles. The third-order valence-corrected chi connectivity index (χ3v) is 4.89. The van der Waals surface area contributed by atoms with E-state index in [9.17, 15) is 18.0 Å². The predicted octanol–water partition coefficient (Wildman–Crippen LogP) is 6.29. The summed E-state index contributed by atoms with van der Waals surface area (Å²) in [6.45, 7) is 6.09. The van der Waals surface area contributed by atoms with Gasteiger partial charge in [-0.2, -0.15) is 13.2 Å². The van der Waals surface area contributed by atoms with Crippen molar-refractivity contribution in [2.45, 2.75) is 45.2 Å². The largest absolute Gasteiger partial charge is 0.493 e. The number of oxazole rings is 1. The summed E-state index contributed by atoms with van der Waals surface area (Å²) in [5, 5.41) is 8.94. The van der Waals surface area contributed by atoms with E-state index in [1.54, 1.807) is 24.3 Å². The summed E-state index contributed by atoms with van der Waals surface area (Å²) in [5.74, 6) is 0.340. The average molecular weight is 447 g/mol. The zero-order valence-corrected chi connectivity index (χ0v) is 17.9. The molecular formula is C24H24F3NO4. The number of nitrogens with zero attached hydrogens (tertiary/aromatic N) is 1. The molecule has 0 fully saturated rings. The summed E-state index contributed by atoms with van der Waals surface area (Å²) >= 11 is 0. The second-order valence-corrected chi connectivity index (χ2v) is 7.93. The number of aliphatic carboxylic acids is 1. The molecule has 8 heteroatoms. The molecule has 0 aliphatic rings. The quantitative estimate of drug-likeness (QED) is 0.439. The van der Waals surface area contributed by atoms with Gasteiger partial charge in [0.1, 0.15) is 11.5 Å². The van der Waals surface area contributed by atoms with Crippen LogP contribution in [0.5, 0.6) is 5.75 Å². The molecule has 1 heterocycles. The Hall–Kier alpha value is -3.29. The zero-order valence-electron chi connectivity index (χ0n) is 17.9. The fraction of sp³-hybridized carbons (Fsp3) is 0.333. The van der Waals surface area contributed by atoms with E-state index >= 15 is 0 Å². The molecular weight excluding hydrogens is 423 g/mol. The molecule has 0 bridgehead atoms. The van der Waals surface area contributed by atoms with Gasteiger partial charge in [0, 0.05) is 5.56 Å². The van der Waals surface area contributed by atoms with E-state index in [1.807, 2.05) is 20.8 Å². The number of halogens is 3. The third kappa shape index (κ3) is 5.69. The monoisotopic (exact) mass is 447 g/mol. The van der Waals surface area contributed by atoms with E-state index in [2.05, 4.69) is 4.98 Å². The van der Waals surface area contributed by atoms with Crippen LogP contribution in [0.15, 0.2) is 52.9 Å². The lowest BCUT2D eigenvalue weighted by Gasteiger charge is -2.14. The van der Waals surface area contributed by atoms with Crippen LogP contribution in [0.1, 0.15) is 55.2 Å². The maximum atomic E-state index is 12.8. The number of hydrogen-bond acceptors (Lipinski definition) is 4. The van der Waals surface area contributed by atoms with Gasteiger partial charge in [0.2, 0.25) is 5.89 Å². The predicted molar refractivity (Wildman–Crippen MR) is 113 cm³/mol. The van der Waals surface area contributed by atoms with E-state index in [1.165, 1.54) is 12.1 Å². The number of carbonyl (C=O) groups is 1. The Bertz CT molecular complexity index is 1070. The molecule has 2 aromatic carbocycles. The van der Waals surface area contributed by atoms with Gasteiger partial charge in [0.25, 0.3) is 0 Å². The van der Waals surface area contributed by atoms with Crippen LogP contribution in [-0.2, 0) is 17.4 Å². The van der Waals surface area contributed by atoms with E-state index in [4.69, 9.17) is 14.3 Å². The molecule has 0 aliphatic carbocycles. The van der Waals surface area contributed by atoms with Crippen molar-refractivity contribution in [2.75, 3.05) is 6.61 Å². The van der Waals surface area contributed by atoms with Gasteiger partial charge >= 0.3 is 12.1 Å². The van der Waals surface area contributed by atoms with Gasteiger partial charge in [-0.25, -0.2) is 4.98 Å². The molecule has 1 unspecified atom stereocenters. The van der Waals surface area contributed by atoms with Crippen molar-refractivity contribution in [1.82, 2.24) is 4.98 Å². The van der Waals surface area contributed by atoms with Crippen molar-refractivity contribution in [2.24, 2.45) is 0 Å². The lowest BCUT2D eigenvalue weighted by atomic mass is 10.0. The number of benzene rings is 2. The van der Waals surface area contributed by atoms with Crippen LogP contribution in [0.25, 0.3) is 11.5 Å². The minimum absolute atomic E-state index is 0.0401. The summed E-state index contributed by atoms with van der Waals surface area (Å²) in [7, 11) is 0. The van der Waals surface area contributed by atoms with Crippen molar-refractivity contribution in [1.29, 1.82) is 0 Å². The van der Waals surface area contributed by atoms with Crippen LogP contribution in [-0.4, -0.2) is 22.7 Å². The second-order valence-electron chi connectivity index (χ2n) is 7.93. The molecule has 1 N–H and O–H groups in total. The lowest BCUT2D eigenvalue weighted by molar-refractivity contribution is -0.138. The van der Waals surface area contributed by atoms with Gasteiger partial charge < -0.3 is 14.3 Å². The Morgan fingerprint density at radius 2 is 1.81 bits per heavy atom. The van der Waals surface area contributed by atoms with Crippen LogP contribution >= 0.6 is 0 Å². The number of carboxylic acids is 1. The minimum Gasteiger partial charge on any atom is -0.493 e. The molecule has 0 amide bonds. The number of aromatic nitrogens is 1. The van der Waals surface area contributed by atoms with E-state index < -0.39 is 17.7 Å². The first-order valence-electron chi connectivity index (χ1n) is 10.2. The second kappa shape index (κ2) is 9.46. The minimum atomic E-state index is -4.41. The molecule has 0 radical (unpaired) electrons. The normalized spacial score (nSPS) is 12.7. The Labute approximate surface area is 183 Å². The van der Waals surface area contributed by atoms with Gasteiger partial charge in [-0.1, -0.05) is 32.9 Å². The van der Waals surface area contributed by atoms with Crippen LogP contribution in [0.4, 0.5) is 13.2 Å². The molecule has 3 rings (SSSR count). The summed E-state index contributed by atoms with van der Waals surface area (Å²) in [6.07, 6.45) is -4.50. The molecule has 0 saturated carbocycles. The number of carboxylic acid groups (broad SMARTS) is 1. The summed E-state index contributed by atoms with van der Waals surface area (Å²) in [6, 6.07) is 11.6. The highest BCUT2D eigenvalue weighted by atomic mass is 19.4. The van der Waals surface area contributed by atoms with Gasteiger partial charge in [-0.05, 0) is 47.9 Å². The van der Waals surface area contributed by atoms with Crippen molar-refractivity contribution in [3.63, 3.8) is 0 Å². The maximum absolute atomic E-state index is 12.8. The van der Waals surface area contributed by atoms with Crippen LogP contribution in [0.2, 0.25) is 0 Å². The number of hydrogen-bond donors (Lipinski definition) is 1. The topological polar surface area (TPSA) is 72.6 Å². The molecule has 3 aromatic rings. The fourth-order valence-corrected chi connectivity index (χ4v) is 3.25. The maximum Gasteiger partial charge on any atom is 0.416 e.